The van der Waals surface area contributed by atoms with Crippen molar-refractivity contribution in [3.05, 3.63) is 47.2 Å². The minimum Gasteiger partial charge on any atom is -0.371 e. The predicted octanol–water partition coefficient (Wildman–Crippen LogP) is 4.48. The summed E-state index contributed by atoms with van der Waals surface area (Å²) in [6, 6.07) is 10.7. The molecule has 100 valence electrons. The predicted molar refractivity (Wildman–Crippen MR) is 84.1 cm³/mol. The molecule has 1 aromatic heterocycles. The van der Waals surface area contributed by atoms with E-state index >= 15 is 0 Å². The molecule has 0 spiro atoms. The smallest absolute Gasteiger partial charge is 0.0512 e. The summed E-state index contributed by atoms with van der Waals surface area (Å²) in [5.41, 5.74) is 2.52. The van der Waals surface area contributed by atoms with Gasteiger partial charge in [-0.2, -0.15) is 0 Å². The van der Waals surface area contributed by atoms with Crippen molar-refractivity contribution in [2.75, 3.05) is 18.0 Å². The SMILES string of the molecule is CC1CCN(c2ccc(-n3cccc3)cc2Br)CC1. The summed E-state index contributed by atoms with van der Waals surface area (Å²) < 4.78 is 3.32. The normalized spacial score (nSPS) is 16.8. The number of benzene rings is 1. The third-order valence-corrected chi connectivity index (χ3v) is 4.59. The fourth-order valence-electron chi connectivity index (χ4n) is 2.67. The first-order chi connectivity index (χ1) is 9.24. The van der Waals surface area contributed by atoms with Crippen LogP contribution in [0.4, 0.5) is 5.69 Å². The van der Waals surface area contributed by atoms with Gasteiger partial charge in [-0.15, -0.1) is 0 Å². The van der Waals surface area contributed by atoms with Gasteiger partial charge < -0.3 is 9.47 Å². The van der Waals surface area contributed by atoms with E-state index in [0.717, 1.165) is 5.92 Å². The molecule has 1 fully saturated rings. The van der Waals surface area contributed by atoms with Crippen LogP contribution in [0.3, 0.4) is 0 Å². The fraction of sp³-hybridized carbons (Fsp3) is 0.375. The second-order valence-corrected chi connectivity index (χ2v) is 6.25. The van der Waals surface area contributed by atoms with Gasteiger partial charge >= 0.3 is 0 Å². The highest BCUT2D eigenvalue weighted by Crippen LogP contribution is 2.31. The van der Waals surface area contributed by atoms with E-state index in [9.17, 15) is 0 Å². The van der Waals surface area contributed by atoms with E-state index in [-0.39, 0.29) is 0 Å². The molecule has 2 aromatic rings. The Kier molecular flexibility index (Phi) is 3.65. The molecule has 3 rings (SSSR count). The lowest BCUT2D eigenvalue weighted by Gasteiger charge is -2.33. The Morgan fingerprint density at radius 3 is 2.42 bits per heavy atom. The van der Waals surface area contributed by atoms with Gasteiger partial charge in [0.05, 0.1) is 5.69 Å². The summed E-state index contributed by atoms with van der Waals surface area (Å²) in [4.78, 5) is 2.49. The summed E-state index contributed by atoms with van der Waals surface area (Å²) in [7, 11) is 0. The van der Waals surface area contributed by atoms with Crippen LogP contribution in [-0.4, -0.2) is 17.7 Å². The number of hydrogen-bond donors (Lipinski definition) is 0. The Balaban J connectivity index is 1.84. The van der Waals surface area contributed by atoms with Gasteiger partial charge in [0.1, 0.15) is 0 Å². The van der Waals surface area contributed by atoms with Gasteiger partial charge in [-0.1, -0.05) is 6.92 Å². The number of halogens is 1. The fourth-order valence-corrected chi connectivity index (χ4v) is 3.29. The zero-order valence-electron chi connectivity index (χ0n) is 11.2. The highest BCUT2D eigenvalue weighted by Gasteiger charge is 2.17. The number of hydrogen-bond acceptors (Lipinski definition) is 1. The molecule has 1 aliphatic heterocycles. The molecular formula is C16H19BrN2. The van der Waals surface area contributed by atoms with Crippen LogP contribution in [0.25, 0.3) is 5.69 Å². The first-order valence-electron chi connectivity index (χ1n) is 6.92. The van der Waals surface area contributed by atoms with E-state index < -0.39 is 0 Å². The molecular weight excluding hydrogens is 300 g/mol. The average molecular weight is 319 g/mol. The average Bonchev–Trinajstić information content (AvgIpc) is 2.94. The van der Waals surface area contributed by atoms with Crippen LogP contribution in [0.2, 0.25) is 0 Å². The van der Waals surface area contributed by atoms with Gasteiger partial charge in [-0.3, -0.25) is 0 Å². The zero-order chi connectivity index (χ0) is 13.2. The molecule has 0 bridgehead atoms. The van der Waals surface area contributed by atoms with Gasteiger partial charge in [-0.25, -0.2) is 0 Å². The van der Waals surface area contributed by atoms with Crippen LogP contribution in [0.5, 0.6) is 0 Å². The molecule has 0 N–H and O–H groups in total. The lowest BCUT2D eigenvalue weighted by atomic mass is 9.99. The third kappa shape index (κ3) is 2.71. The Morgan fingerprint density at radius 1 is 1.11 bits per heavy atom. The van der Waals surface area contributed by atoms with Crippen molar-refractivity contribution in [1.82, 2.24) is 4.57 Å². The lowest BCUT2D eigenvalue weighted by molar-refractivity contribution is 0.438. The summed E-state index contributed by atoms with van der Waals surface area (Å²) >= 11 is 3.73. The van der Waals surface area contributed by atoms with Crippen LogP contribution in [0.1, 0.15) is 19.8 Å². The number of aromatic nitrogens is 1. The highest BCUT2D eigenvalue weighted by molar-refractivity contribution is 9.10. The van der Waals surface area contributed by atoms with Gasteiger partial charge in [0, 0.05) is 35.6 Å². The molecule has 0 radical (unpaired) electrons. The second kappa shape index (κ2) is 5.41. The molecule has 0 atom stereocenters. The molecule has 2 heterocycles. The van der Waals surface area contributed by atoms with Crippen molar-refractivity contribution in [2.45, 2.75) is 19.8 Å². The summed E-state index contributed by atoms with van der Waals surface area (Å²) in [6.07, 6.45) is 6.74. The summed E-state index contributed by atoms with van der Waals surface area (Å²) in [6.45, 7) is 4.69. The minimum atomic E-state index is 0.870. The Morgan fingerprint density at radius 2 is 1.79 bits per heavy atom. The maximum atomic E-state index is 3.73. The number of anilines is 1. The van der Waals surface area contributed by atoms with E-state index in [4.69, 9.17) is 0 Å². The van der Waals surface area contributed by atoms with Crippen LogP contribution < -0.4 is 4.90 Å². The Bertz CT molecular complexity index is 540. The van der Waals surface area contributed by atoms with Crippen LogP contribution in [0.15, 0.2) is 47.2 Å². The largest absolute Gasteiger partial charge is 0.371 e. The van der Waals surface area contributed by atoms with Crippen molar-refractivity contribution in [2.24, 2.45) is 5.92 Å². The number of piperidine rings is 1. The van der Waals surface area contributed by atoms with Gasteiger partial charge in [0.15, 0.2) is 0 Å². The third-order valence-electron chi connectivity index (χ3n) is 3.96. The molecule has 1 aromatic carbocycles. The molecule has 19 heavy (non-hydrogen) atoms. The lowest BCUT2D eigenvalue weighted by Crippen LogP contribution is -2.32. The molecule has 0 aliphatic carbocycles. The maximum absolute atomic E-state index is 3.73. The topological polar surface area (TPSA) is 8.17 Å². The van der Waals surface area contributed by atoms with Gasteiger partial charge in [0.25, 0.3) is 0 Å². The number of rotatable bonds is 2. The summed E-state index contributed by atoms with van der Waals surface area (Å²) in [5.74, 6) is 0.870. The molecule has 1 saturated heterocycles. The maximum Gasteiger partial charge on any atom is 0.0512 e. The van der Waals surface area contributed by atoms with Gasteiger partial charge in [-0.05, 0) is 65.0 Å². The van der Waals surface area contributed by atoms with Crippen molar-refractivity contribution >= 4 is 21.6 Å². The van der Waals surface area contributed by atoms with Crippen LogP contribution in [0, 0.1) is 5.92 Å². The first kappa shape index (κ1) is 12.8. The molecule has 0 saturated carbocycles. The van der Waals surface area contributed by atoms with Gasteiger partial charge in [0.2, 0.25) is 0 Å². The monoisotopic (exact) mass is 318 g/mol. The second-order valence-electron chi connectivity index (χ2n) is 5.40. The molecule has 3 heteroatoms. The van der Waals surface area contributed by atoms with Crippen LogP contribution >= 0.6 is 15.9 Å². The molecule has 0 amide bonds. The van der Waals surface area contributed by atoms with Crippen molar-refractivity contribution < 1.29 is 0 Å². The van der Waals surface area contributed by atoms with E-state index in [0.29, 0.717) is 0 Å². The first-order valence-corrected chi connectivity index (χ1v) is 7.71. The summed E-state index contributed by atoms with van der Waals surface area (Å²) in [5, 5.41) is 0. The van der Waals surface area contributed by atoms with E-state index in [1.807, 2.05) is 12.1 Å². The van der Waals surface area contributed by atoms with Crippen molar-refractivity contribution in [3.8, 4) is 5.69 Å². The molecule has 1 aliphatic rings. The standard InChI is InChI=1S/C16H19BrN2/c1-13-6-10-19(11-7-13)16-5-4-14(12-15(16)17)18-8-2-3-9-18/h2-5,8-9,12-13H,6-7,10-11H2,1H3. The van der Waals surface area contributed by atoms with E-state index in [1.54, 1.807) is 0 Å². The van der Waals surface area contributed by atoms with Crippen LogP contribution in [-0.2, 0) is 0 Å². The number of nitrogens with zero attached hydrogens (tertiary/aromatic N) is 2. The highest BCUT2D eigenvalue weighted by atomic mass is 79.9. The Labute approximate surface area is 123 Å². The Hall–Kier alpha value is -1.22. The zero-order valence-corrected chi connectivity index (χ0v) is 12.8. The van der Waals surface area contributed by atoms with Crippen molar-refractivity contribution in [3.63, 3.8) is 0 Å². The molecule has 0 unspecified atom stereocenters. The minimum absolute atomic E-state index is 0.870. The van der Waals surface area contributed by atoms with E-state index in [1.165, 1.54) is 41.8 Å². The quantitative estimate of drug-likeness (QED) is 0.792. The van der Waals surface area contributed by atoms with E-state index in [2.05, 4.69) is 62.9 Å². The van der Waals surface area contributed by atoms with Crippen molar-refractivity contribution in [1.29, 1.82) is 0 Å². The molecule has 2 nitrogen and oxygen atoms in total.